The van der Waals surface area contributed by atoms with Crippen LogP contribution in [0.25, 0.3) is 149 Å². The molecule has 0 bridgehead atoms. The molecule has 1 atom stereocenters. The predicted molar refractivity (Wildman–Crippen MR) is 338 cm³/mol. The molecule has 0 saturated carbocycles. The van der Waals surface area contributed by atoms with E-state index in [2.05, 4.69) is 275 Å². The number of rotatable bonds is 8. The fourth-order valence-corrected chi connectivity index (χ4v) is 13.1. The Hall–Kier alpha value is -10.9. The van der Waals surface area contributed by atoms with E-state index in [1.165, 1.54) is 43.6 Å². The number of fused-ring (bicyclic) bond motifs is 12. The van der Waals surface area contributed by atoms with Crippen LogP contribution in [0.4, 0.5) is 0 Å². The highest BCUT2D eigenvalue weighted by atomic mass is 16.3. The monoisotopic (exact) mass is 1050 g/mol. The summed E-state index contributed by atoms with van der Waals surface area (Å²) in [6, 6.07) is 89.8. The lowest BCUT2D eigenvalue weighted by atomic mass is 9.92. The normalized spacial score (nSPS) is 13.6. The highest BCUT2D eigenvalue weighted by Crippen LogP contribution is 2.46. The van der Waals surface area contributed by atoms with E-state index < -0.39 is 0 Å². The molecule has 5 aromatic heterocycles. The lowest BCUT2D eigenvalue weighted by molar-refractivity contribution is 0.669. The summed E-state index contributed by atoms with van der Waals surface area (Å²) in [5.41, 5.74) is 17.7. The topological polar surface area (TPSA) is 66.6 Å². The van der Waals surface area contributed by atoms with Crippen molar-refractivity contribution < 1.29 is 4.42 Å². The number of allylic oxidation sites excluding steroid dienone is 4. The van der Waals surface area contributed by atoms with Gasteiger partial charge in [-0.1, -0.05) is 182 Å². The minimum absolute atomic E-state index is 0.0284. The molecule has 17 rings (SSSR count). The average molecular weight is 1050 g/mol. The molecule has 0 amide bonds. The summed E-state index contributed by atoms with van der Waals surface area (Å²) in [7, 11) is 0. The number of hydrogen-bond acceptors (Lipinski definition) is 4. The molecule has 0 fully saturated rings. The fourth-order valence-electron chi connectivity index (χ4n) is 13.1. The summed E-state index contributed by atoms with van der Waals surface area (Å²) in [4.78, 5) is 16.1. The van der Waals surface area contributed by atoms with Crippen LogP contribution in [0.5, 0.6) is 0 Å². The van der Waals surface area contributed by atoms with Crippen molar-refractivity contribution in [1.82, 2.24) is 28.7 Å². The highest BCUT2D eigenvalue weighted by molar-refractivity contribution is 6.15. The summed E-state index contributed by atoms with van der Waals surface area (Å²) in [6.45, 7) is 0. The molecule has 5 heterocycles. The molecule has 1 aliphatic carbocycles. The zero-order chi connectivity index (χ0) is 53.8. The van der Waals surface area contributed by atoms with Crippen molar-refractivity contribution in [3.8, 4) is 62.1 Å². The van der Waals surface area contributed by atoms with Crippen molar-refractivity contribution in [2.75, 3.05) is 0 Å². The van der Waals surface area contributed by atoms with E-state index in [0.29, 0.717) is 11.6 Å². The quantitative estimate of drug-likeness (QED) is 0.152. The van der Waals surface area contributed by atoms with Gasteiger partial charge in [-0.15, -0.1) is 0 Å². The Morgan fingerprint density at radius 3 is 1.32 bits per heavy atom. The van der Waals surface area contributed by atoms with Gasteiger partial charge in [-0.3, -0.25) is 0 Å². The first-order valence-corrected chi connectivity index (χ1v) is 28.0. The first kappa shape index (κ1) is 46.1. The van der Waals surface area contributed by atoms with Crippen LogP contribution in [0, 0.1) is 0 Å². The Morgan fingerprint density at radius 1 is 0.329 bits per heavy atom. The van der Waals surface area contributed by atoms with E-state index in [0.717, 1.165) is 106 Å². The standard InChI is InChI=1S/C75H48N6O/c1-4-20-47(21-5-1)60-42-51(75-77-73(49-24-8-3-9-25-49)76-74(78-75)50-36-39-59-58-30-14-19-35-70(58)82-71(59)44-50)43-61(48-22-6-2-7-23-48)72(60)81-68-40-37-52(79-64-31-15-10-26-54(64)55-27-11-16-32-65(55)79)45-62(68)63-46-53(38-41-69(63)81)80-66-33-17-12-28-56(66)57-29-13-18-34-67(57)80/h1-24,26-46,49H,25H2. The second kappa shape index (κ2) is 18.3. The van der Waals surface area contributed by atoms with E-state index >= 15 is 0 Å². The van der Waals surface area contributed by atoms with E-state index in [-0.39, 0.29) is 5.92 Å². The maximum atomic E-state index is 6.44. The Balaban J connectivity index is 0.952. The molecule has 384 valence electrons. The number of furan rings is 1. The second-order valence-electron chi connectivity index (χ2n) is 21.4. The van der Waals surface area contributed by atoms with Gasteiger partial charge in [0.25, 0.3) is 0 Å². The van der Waals surface area contributed by atoms with Gasteiger partial charge in [-0.2, -0.15) is 0 Å². The van der Waals surface area contributed by atoms with E-state index in [1.54, 1.807) is 0 Å². The molecule has 0 saturated heterocycles. The van der Waals surface area contributed by atoms with Crippen LogP contribution in [0.15, 0.2) is 277 Å². The summed E-state index contributed by atoms with van der Waals surface area (Å²) < 4.78 is 13.8. The van der Waals surface area contributed by atoms with Crippen molar-refractivity contribution in [3.05, 3.63) is 279 Å². The van der Waals surface area contributed by atoms with Gasteiger partial charge in [0.05, 0.1) is 38.8 Å². The van der Waals surface area contributed by atoms with Gasteiger partial charge < -0.3 is 18.1 Å². The molecule has 11 aromatic carbocycles. The molecule has 82 heavy (non-hydrogen) atoms. The van der Waals surface area contributed by atoms with Crippen LogP contribution in [-0.4, -0.2) is 28.7 Å². The molecule has 1 aliphatic rings. The average Bonchev–Trinajstić information content (AvgIpc) is 3.01. The molecular formula is C75H48N6O. The van der Waals surface area contributed by atoms with Crippen LogP contribution in [0.1, 0.15) is 18.2 Å². The van der Waals surface area contributed by atoms with Gasteiger partial charge in [-0.25, -0.2) is 15.0 Å². The highest BCUT2D eigenvalue weighted by Gasteiger charge is 2.26. The molecule has 7 heteroatoms. The zero-order valence-electron chi connectivity index (χ0n) is 44.4. The molecular weight excluding hydrogens is 1000 g/mol. The van der Waals surface area contributed by atoms with Gasteiger partial charge in [0.2, 0.25) is 0 Å². The molecule has 0 N–H and O–H groups in total. The summed E-state index contributed by atoms with van der Waals surface area (Å²) in [5.74, 6) is 1.89. The van der Waals surface area contributed by atoms with Crippen LogP contribution in [0.2, 0.25) is 0 Å². The summed E-state index contributed by atoms with van der Waals surface area (Å²) in [6.07, 6.45) is 9.36. The van der Waals surface area contributed by atoms with Gasteiger partial charge in [0.15, 0.2) is 11.6 Å². The number of hydrogen-bond donors (Lipinski definition) is 0. The van der Waals surface area contributed by atoms with Crippen LogP contribution in [0.3, 0.4) is 0 Å². The summed E-state index contributed by atoms with van der Waals surface area (Å²) >= 11 is 0. The predicted octanol–water partition coefficient (Wildman–Crippen LogP) is 19.3. The Morgan fingerprint density at radius 2 is 0.793 bits per heavy atom. The van der Waals surface area contributed by atoms with Crippen molar-refractivity contribution >= 4 is 87.4 Å². The van der Waals surface area contributed by atoms with Crippen molar-refractivity contribution in [1.29, 1.82) is 0 Å². The maximum Gasteiger partial charge on any atom is 0.163 e. The number of nitrogens with zero attached hydrogens (tertiary/aromatic N) is 6. The SMILES string of the molecule is C1=CCC(c2nc(-c3cc(-c4ccccc4)c(-n4c5ccc(-n6c7ccccc7c7ccccc76)cc5c5cc(-n6c7ccccc7c7ccccc76)ccc54)c(-c4ccccc4)c3)nc(-c3ccc4c(c3)oc3ccccc34)n2)C=C1. The van der Waals surface area contributed by atoms with E-state index in [4.69, 9.17) is 19.4 Å². The van der Waals surface area contributed by atoms with Gasteiger partial charge in [-0.05, 0) is 109 Å². The first-order valence-electron chi connectivity index (χ1n) is 28.0. The molecule has 1 unspecified atom stereocenters. The summed E-state index contributed by atoms with van der Waals surface area (Å²) in [5, 5.41) is 9.33. The smallest absolute Gasteiger partial charge is 0.163 e. The number of para-hydroxylation sites is 5. The third-order valence-corrected chi connectivity index (χ3v) is 16.8. The second-order valence-corrected chi connectivity index (χ2v) is 21.4. The Labute approximate surface area is 471 Å². The van der Waals surface area contributed by atoms with Crippen molar-refractivity contribution in [3.63, 3.8) is 0 Å². The maximum absolute atomic E-state index is 6.44. The zero-order valence-corrected chi connectivity index (χ0v) is 44.4. The Bertz CT molecular complexity index is 4990. The fraction of sp³-hybridized carbons (Fsp3) is 0.0267. The molecule has 0 radical (unpaired) electrons. The third-order valence-electron chi connectivity index (χ3n) is 16.8. The van der Waals surface area contributed by atoms with Crippen molar-refractivity contribution in [2.45, 2.75) is 12.3 Å². The van der Waals surface area contributed by atoms with Gasteiger partial charge >= 0.3 is 0 Å². The minimum Gasteiger partial charge on any atom is -0.456 e. The molecule has 0 spiro atoms. The first-order chi connectivity index (χ1) is 40.7. The van der Waals surface area contributed by atoms with Crippen molar-refractivity contribution in [2.24, 2.45) is 0 Å². The van der Waals surface area contributed by atoms with E-state index in [9.17, 15) is 0 Å². The van der Waals surface area contributed by atoms with E-state index in [1.807, 2.05) is 12.1 Å². The largest absolute Gasteiger partial charge is 0.456 e. The number of benzene rings is 11. The van der Waals surface area contributed by atoms with Gasteiger partial charge in [0, 0.05) is 82.6 Å². The minimum atomic E-state index is -0.0284. The lowest BCUT2D eigenvalue weighted by Gasteiger charge is -2.21. The molecule has 16 aromatic rings. The molecule has 7 nitrogen and oxygen atoms in total. The van der Waals surface area contributed by atoms with Gasteiger partial charge in [0.1, 0.15) is 17.0 Å². The van der Waals surface area contributed by atoms with Crippen LogP contribution >= 0.6 is 0 Å². The number of aromatic nitrogens is 6. The third kappa shape index (κ3) is 7.19. The van der Waals surface area contributed by atoms with Crippen LogP contribution in [-0.2, 0) is 0 Å². The van der Waals surface area contributed by atoms with Crippen LogP contribution < -0.4 is 0 Å². The Kier molecular flexibility index (Phi) is 10.3. The lowest BCUT2D eigenvalue weighted by Crippen LogP contribution is -2.08. The molecule has 0 aliphatic heterocycles.